The Balaban J connectivity index is 1.67. The molecule has 128 valence electrons. The topological polar surface area (TPSA) is 78.5 Å². The molecule has 2 aliphatic rings. The van der Waals surface area contributed by atoms with Crippen molar-refractivity contribution in [2.75, 3.05) is 24.0 Å². The van der Waals surface area contributed by atoms with Crippen LogP contribution in [0.3, 0.4) is 0 Å². The molecular formula is C17H21N3O3S. The number of nitrogens with one attached hydrogen (secondary N) is 2. The minimum absolute atomic E-state index is 0.0931. The van der Waals surface area contributed by atoms with E-state index in [1.165, 1.54) is 0 Å². The van der Waals surface area contributed by atoms with Gasteiger partial charge in [-0.2, -0.15) is 0 Å². The van der Waals surface area contributed by atoms with E-state index >= 15 is 0 Å². The number of hydrogen-bond donors (Lipinski definition) is 2. The van der Waals surface area contributed by atoms with Gasteiger partial charge in [0.15, 0.2) is 0 Å². The van der Waals surface area contributed by atoms with Crippen molar-refractivity contribution in [3.05, 3.63) is 29.8 Å². The van der Waals surface area contributed by atoms with Crippen molar-refractivity contribution in [1.29, 1.82) is 0 Å². The van der Waals surface area contributed by atoms with Gasteiger partial charge >= 0.3 is 0 Å². The SMILES string of the molecule is CNC(=O)c1cccc(NC(=O)[C@H]2CSCN2C(=O)C2CCC2)c1. The fraction of sp³-hybridized carbons (Fsp3) is 0.471. The number of nitrogens with zero attached hydrogens (tertiary/aromatic N) is 1. The quantitative estimate of drug-likeness (QED) is 0.869. The van der Waals surface area contributed by atoms with Crippen LogP contribution in [0.25, 0.3) is 0 Å². The lowest BCUT2D eigenvalue weighted by Crippen LogP contribution is -2.47. The van der Waals surface area contributed by atoms with Gasteiger partial charge in [0.2, 0.25) is 11.8 Å². The highest BCUT2D eigenvalue weighted by atomic mass is 32.2. The molecule has 1 saturated heterocycles. The van der Waals surface area contributed by atoms with Gasteiger partial charge in [0.1, 0.15) is 6.04 Å². The Morgan fingerprint density at radius 1 is 1.25 bits per heavy atom. The maximum Gasteiger partial charge on any atom is 0.251 e. The molecule has 6 nitrogen and oxygen atoms in total. The summed E-state index contributed by atoms with van der Waals surface area (Å²) in [7, 11) is 1.56. The van der Waals surface area contributed by atoms with Gasteiger partial charge in [0.25, 0.3) is 5.91 Å². The molecule has 3 amide bonds. The molecule has 0 unspecified atom stereocenters. The number of hydrogen-bond acceptors (Lipinski definition) is 4. The van der Waals surface area contributed by atoms with Crippen molar-refractivity contribution in [3.8, 4) is 0 Å². The van der Waals surface area contributed by atoms with E-state index in [9.17, 15) is 14.4 Å². The minimum Gasteiger partial charge on any atom is -0.355 e. The third-order valence-electron chi connectivity index (χ3n) is 4.54. The van der Waals surface area contributed by atoms with Crippen molar-refractivity contribution in [3.63, 3.8) is 0 Å². The number of benzene rings is 1. The van der Waals surface area contributed by atoms with Gasteiger partial charge in [-0.15, -0.1) is 11.8 Å². The summed E-state index contributed by atoms with van der Waals surface area (Å²) in [6.07, 6.45) is 2.96. The van der Waals surface area contributed by atoms with Crippen LogP contribution in [0.1, 0.15) is 29.6 Å². The number of amides is 3. The number of carbonyl (C=O) groups is 3. The van der Waals surface area contributed by atoms with Crippen LogP contribution in [-0.2, 0) is 9.59 Å². The maximum absolute atomic E-state index is 12.6. The van der Waals surface area contributed by atoms with Gasteiger partial charge in [-0.1, -0.05) is 12.5 Å². The zero-order chi connectivity index (χ0) is 17.1. The van der Waals surface area contributed by atoms with Crippen LogP contribution in [0.15, 0.2) is 24.3 Å². The highest BCUT2D eigenvalue weighted by molar-refractivity contribution is 7.99. The average Bonchev–Trinajstić information content (AvgIpc) is 3.02. The Morgan fingerprint density at radius 2 is 2.04 bits per heavy atom. The molecule has 2 fully saturated rings. The summed E-state index contributed by atoms with van der Waals surface area (Å²) in [6, 6.07) is 6.35. The van der Waals surface area contributed by atoms with E-state index in [2.05, 4.69) is 10.6 Å². The molecule has 7 heteroatoms. The van der Waals surface area contributed by atoms with Gasteiger partial charge in [0.05, 0.1) is 5.88 Å². The Morgan fingerprint density at radius 3 is 2.71 bits per heavy atom. The number of carbonyl (C=O) groups excluding carboxylic acids is 3. The standard InChI is InChI=1S/C17H21N3O3S/c1-18-15(21)12-6-3-7-13(8-12)19-16(22)14-9-24-10-20(14)17(23)11-4-2-5-11/h3,6-8,11,14H,2,4-5,9-10H2,1H3,(H,18,21)(H,19,22)/t14-/m1/s1. The summed E-state index contributed by atoms with van der Waals surface area (Å²) in [6.45, 7) is 0. The molecule has 0 bridgehead atoms. The monoisotopic (exact) mass is 347 g/mol. The Hall–Kier alpha value is -2.02. The summed E-state index contributed by atoms with van der Waals surface area (Å²) in [5.41, 5.74) is 1.05. The van der Waals surface area contributed by atoms with E-state index in [4.69, 9.17) is 0 Å². The highest BCUT2D eigenvalue weighted by Gasteiger charge is 2.39. The largest absolute Gasteiger partial charge is 0.355 e. The fourth-order valence-corrected chi connectivity index (χ4v) is 4.04. The second kappa shape index (κ2) is 7.25. The molecule has 1 heterocycles. The lowest BCUT2D eigenvalue weighted by atomic mass is 9.84. The van der Waals surface area contributed by atoms with Gasteiger partial charge < -0.3 is 15.5 Å². The Kier molecular flexibility index (Phi) is 5.08. The van der Waals surface area contributed by atoms with Crippen LogP contribution in [0.4, 0.5) is 5.69 Å². The molecule has 1 saturated carbocycles. The first kappa shape index (κ1) is 16.8. The van der Waals surface area contributed by atoms with Crippen molar-refractivity contribution >= 4 is 35.2 Å². The zero-order valence-corrected chi connectivity index (χ0v) is 14.4. The number of anilines is 1. The summed E-state index contributed by atoms with van der Waals surface area (Å²) in [5, 5.41) is 5.39. The van der Waals surface area contributed by atoms with Crippen molar-refractivity contribution < 1.29 is 14.4 Å². The van der Waals surface area contributed by atoms with Crippen LogP contribution in [-0.4, -0.2) is 47.3 Å². The third-order valence-corrected chi connectivity index (χ3v) is 5.55. The summed E-state index contributed by atoms with van der Waals surface area (Å²) >= 11 is 1.60. The molecule has 1 aliphatic carbocycles. The van der Waals surface area contributed by atoms with Crippen LogP contribution in [0, 0.1) is 5.92 Å². The lowest BCUT2D eigenvalue weighted by Gasteiger charge is -2.31. The minimum atomic E-state index is -0.438. The number of thioether (sulfide) groups is 1. The van der Waals surface area contributed by atoms with Crippen LogP contribution < -0.4 is 10.6 Å². The Bertz CT molecular complexity index is 660. The van der Waals surface area contributed by atoms with Crippen molar-refractivity contribution in [1.82, 2.24) is 10.2 Å². The predicted molar refractivity (Wildman–Crippen MR) is 93.8 cm³/mol. The highest BCUT2D eigenvalue weighted by Crippen LogP contribution is 2.32. The van der Waals surface area contributed by atoms with Gasteiger partial charge in [-0.05, 0) is 31.0 Å². The van der Waals surface area contributed by atoms with E-state index in [1.54, 1.807) is 48.0 Å². The molecular weight excluding hydrogens is 326 g/mol. The first-order valence-corrected chi connectivity index (χ1v) is 9.27. The van der Waals surface area contributed by atoms with E-state index in [1.807, 2.05) is 0 Å². The second-order valence-corrected chi connectivity index (χ2v) is 7.10. The molecule has 1 atom stereocenters. The third kappa shape index (κ3) is 3.40. The first-order valence-electron chi connectivity index (χ1n) is 8.11. The van der Waals surface area contributed by atoms with Crippen molar-refractivity contribution in [2.24, 2.45) is 5.92 Å². The van der Waals surface area contributed by atoms with Gasteiger partial charge in [0, 0.05) is 30.0 Å². The van der Waals surface area contributed by atoms with E-state index in [0.717, 1.165) is 19.3 Å². The van der Waals surface area contributed by atoms with E-state index in [-0.39, 0.29) is 23.6 Å². The average molecular weight is 347 g/mol. The molecule has 1 aromatic carbocycles. The lowest BCUT2D eigenvalue weighted by molar-refractivity contribution is -0.141. The normalized spacial score (nSPS) is 20.4. The smallest absolute Gasteiger partial charge is 0.251 e. The second-order valence-electron chi connectivity index (χ2n) is 6.10. The van der Waals surface area contributed by atoms with Crippen molar-refractivity contribution in [2.45, 2.75) is 25.3 Å². The Labute approximate surface area is 145 Å². The van der Waals surface area contributed by atoms with E-state index in [0.29, 0.717) is 22.9 Å². The molecule has 2 N–H and O–H groups in total. The molecule has 24 heavy (non-hydrogen) atoms. The number of rotatable bonds is 4. The van der Waals surface area contributed by atoms with Crippen LogP contribution in [0.5, 0.6) is 0 Å². The summed E-state index contributed by atoms with van der Waals surface area (Å²) in [5.74, 6) is 0.984. The molecule has 3 rings (SSSR count). The van der Waals surface area contributed by atoms with Gasteiger partial charge in [-0.3, -0.25) is 14.4 Å². The predicted octanol–water partition coefficient (Wildman–Crippen LogP) is 1.69. The molecule has 1 aromatic rings. The first-order chi connectivity index (χ1) is 11.6. The summed E-state index contributed by atoms with van der Waals surface area (Å²) in [4.78, 5) is 38.4. The van der Waals surface area contributed by atoms with Gasteiger partial charge in [-0.25, -0.2) is 0 Å². The molecule has 0 aromatic heterocycles. The van der Waals surface area contributed by atoms with E-state index < -0.39 is 6.04 Å². The zero-order valence-electron chi connectivity index (χ0n) is 13.6. The summed E-state index contributed by atoms with van der Waals surface area (Å²) < 4.78 is 0. The maximum atomic E-state index is 12.6. The van der Waals surface area contributed by atoms with Crippen LogP contribution in [0.2, 0.25) is 0 Å². The molecule has 1 aliphatic heterocycles. The van der Waals surface area contributed by atoms with Crippen LogP contribution >= 0.6 is 11.8 Å². The molecule has 0 radical (unpaired) electrons. The fourth-order valence-electron chi connectivity index (χ4n) is 2.87. The molecule has 0 spiro atoms.